The Morgan fingerprint density at radius 2 is 1.58 bits per heavy atom. The van der Waals surface area contributed by atoms with Crippen molar-refractivity contribution in [1.82, 2.24) is 4.98 Å². The van der Waals surface area contributed by atoms with E-state index >= 15 is 0 Å². The Morgan fingerprint density at radius 3 is 2.06 bits per heavy atom. The molecule has 1 fully saturated rings. The molecule has 1 aliphatic heterocycles. The van der Waals surface area contributed by atoms with Crippen LogP contribution in [0.25, 0.3) is 0 Å². The molecule has 178 valence electrons. The third-order valence-corrected chi connectivity index (χ3v) is 5.93. The molecule has 0 amide bonds. The molecule has 1 saturated heterocycles. The summed E-state index contributed by atoms with van der Waals surface area (Å²) in [5, 5.41) is 0. The summed E-state index contributed by atoms with van der Waals surface area (Å²) in [5.41, 5.74) is 0.783. The Labute approximate surface area is 192 Å². The Hall–Kier alpha value is -2.90. The normalized spacial score (nSPS) is 16.4. The standard InChI is InChI=1S/C25H29F3N2O3/c1-16(22(31)17-5-7-19(8-6-17)24(2,3)4)33-23(32)18-11-13-30(14-12-18)21-10-9-20(15-29-21)25(26,27)28/h5-10,15-16,18H,11-14H2,1-4H3/t16-/m0/s1. The molecule has 0 unspecified atom stereocenters. The first kappa shape index (κ1) is 24.7. The lowest BCUT2D eigenvalue weighted by atomic mass is 9.86. The maximum atomic E-state index is 12.7. The van der Waals surface area contributed by atoms with E-state index in [9.17, 15) is 22.8 Å². The molecule has 33 heavy (non-hydrogen) atoms. The number of alkyl halides is 3. The summed E-state index contributed by atoms with van der Waals surface area (Å²) in [6.45, 7) is 8.77. The number of hydrogen-bond acceptors (Lipinski definition) is 5. The molecule has 8 heteroatoms. The van der Waals surface area contributed by atoms with Crippen molar-refractivity contribution in [3.8, 4) is 0 Å². The Balaban J connectivity index is 1.52. The van der Waals surface area contributed by atoms with Gasteiger partial charge in [-0.15, -0.1) is 0 Å². The van der Waals surface area contributed by atoms with Gasteiger partial charge in [0.25, 0.3) is 0 Å². The second-order valence-electron chi connectivity index (χ2n) is 9.43. The molecule has 1 aromatic carbocycles. The molecule has 0 aliphatic carbocycles. The molecule has 0 bridgehead atoms. The number of halogens is 3. The number of carbonyl (C=O) groups is 2. The maximum absolute atomic E-state index is 12.7. The van der Waals surface area contributed by atoms with Crippen molar-refractivity contribution in [2.75, 3.05) is 18.0 Å². The van der Waals surface area contributed by atoms with Crippen LogP contribution in [0, 0.1) is 5.92 Å². The second-order valence-corrected chi connectivity index (χ2v) is 9.43. The van der Waals surface area contributed by atoms with Gasteiger partial charge in [0.05, 0.1) is 11.5 Å². The lowest BCUT2D eigenvalue weighted by molar-refractivity contribution is -0.152. The monoisotopic (exact) mass is 462 g/mol. The van der Waals surface area contributed by atoms with E-state index in [4.69, 9.17) is 4.74 Å². The van der Waals surface area contributed by atoms with Gasteiger partial charge in [0, 0.05) is 24.8 Å². The van der Waals surface area contributed by atoms with Crippen LogP contribution in [0.15, 0.2) is 42.6 Å². The van der Waals surface area contributed by atoms with Crippen LogP contribution in [0.1, 0.15) is 62.0 Å². The smallest absolute Gasteiger partial charge is 0.417 e. The number of Topliss-reactive ketones (excluding diaryl/α,β-unsaturated/α-hetero) is 1. The van der Waals surface area contributed by atoms with Crippen molar-refractivity contribution in [2.24, 2.45) is 5.92 Å². The van der Waals surface area contributed by atoms with Crippen LogP contribution in [0.3, 0.4) is 0 Å². The fourth-order valence-electron chi connectivity index (χ4n) is 3.78. The summed E-state index contributed by atoms with van der Waals surface area (Å²) < 4.78 is 43.6. The Bertz CT molecular complexity index is 972. The molecule has 5 nitrogen and oxygen atoms in total. The number of piperidine rings is 1. The number of ether oxygens (including phenoxy) is 1. The highest BCUT2D eigenvalue weighted by atomic mass is 19.4. The highest BCUT2D eigenvalue weighted by Crippen LogP contribution is 2.30. The maximum Gasteiger partial charge on any atom is 0.417 e. The first-order chi connectivity index (χ1) is 15.4. The Kier molecular flexibility index (Phi) is 7.14. The van der Waals surface area contributed by atoms with E-state index < -0.39 is 23.8 Å². The molecule has 0 N–H and O–H groups in total. The van der Waals surface area contributed by atoms with Crippen LogP contribution >= 0.6 is 0 Å². The fraction of sp³-hybridized carbons (Fsp3) is 0.480. The summed E-state index contributed by atoms with van der Waals surface area (Å²) in [4.78, 5) is 31.0. The zero-order chi connectivity index (χ0) is 24.4. The fourth-order valence-corrected chi connectivity index (χ4v) is 3.78. The third kappa shape index (κ3) is 6.12. The number of hydrogen-bond donors (Lipinski definition) is 0. The molecular formula is C25H29F3N2O3. The summed E-state index contributed by atoms with van der Waals surface area (Å²) in [6.07, 6.45) is -3.55. The van der Waals surface area contributed by atoms with E-state index in [-0.39, 0.29) is 17.1 Å². The molecule has 0 saturated carbocycles. The number of benzene rings is 1. The molecule has 1 aliphatic rings. The zero-order valence-corrected chi connectivity index (χ0v) is 19.3. The molecule has 1 atom stereocenters. The predicted octanol–water partition coefficient (Wildman–Crippen LogP) is 5.43. The number of aromatic nitrogens is 1. The quantitative estimate of drug-likeness (QED) is 0.438. The largest absolute Gasteiger partial charge is 0.454 e. The molecule has 2 aromatic rings. The van der Waals surface area contributed by atoms with E-state index in [1.807, 2.05) is 17.0 Å². The minimum Gasteiger partial charge on any atom is -0.454 e. The number of nitrogens with zero attached hydrogens (tertiary/aromatic N) is 2. The van der Waals surface area contributed by atoms with Gasteiger partial charge in [-0.05, 0) is 42.9 Å². The number of pyridine rings is 1. The molecule has 3 rings (SSSR count). The number of rotatable bonds is 5. The number of anilines is 1. The van der Waals surface area contributed by atoms with Crippen LogP contribution in [0.4, 0.5) is 19.0 Å². The Morgan fingerprint density at radius 1 is 1.00 bits per heavy atom. The first-order valence-corrected chi connectivity index (χ1v) is 11.0. The van der Waals surface area contributed by atoms with Crippen LogP contribution < -0.4 is 4.90 Å². The van der Waals surface area contributed by atoms with Crippen LogP contribution in [-0.4, -0.2) is 35.9 Å². The van der Waals surface area contributed by atoms with Gasteiger partial charge < -0.3 is 9.64 Å². The first-order valence-electron chi connectivity index (χ1n) is 11.0. The minimum atomic E-state index is -4.43. The topological polar surface area (TPSA) is 59.5 Å². The van der Waals surface area contributed by atoms with Gasteiger partial charge in [-0.3, -0.25) is 9.59 Å². The van der Waals surface area contributed by atoms with Gasteiger partial charge in [-0.1, -0.05) is 45.0 Å². The van der Waals surface area contributed by atoms with E-state index in [1.54, 1.807) is 19.1 Å². The van der Waals surface area contributed by atoms with Crippen molar-refractivity contribution in [3.05, 3.63) is 59.3 Å². The third-order valence-electron chi connectivity index (χ3n) is 5.93. The second kappa shape index (κ2) is 9.53. The average molecular weight is 463 g/mol. The molecule has 2 heterocycles. The van der Waals surface area contributed by atoms with Crippen LogP contribution in [0.5, 0.6) is 0 Å². The number of ketones is 1. The van der Waals surface area contributed by atoms with Gasteiger partial charge >= 0.3 is 12.1 Å². The predicted molar refractivity (Wildman–Crippen MR) is 119 cm³/mol. The highest BCUT2D eigenvalue weighted by Gasteiger charge is 2.32. The van der Waals surface area contributed by atoms with Gasteiger partial charge in [-0.2, -0.15) is 13.2 Å². The van der Waals surface area contributed by atoms with E-state index in [0.717, 1.165) is 17.8 Å². The zero-order valence-electron chi connectivity index (χ0n) is 19.3. The van der Waals surface area contributed by atoms with Crippen molar-refractivity contribution in [1.29, 1.82) is 0 Å². The summed E-state index contributed by atoms with van der Waals surface area (Å²) in [6, 6.07) is 9.67. The van der Waals surface area contributed by atoms with Crippen molar-refractivity contribution < 1.29 is 27.5 Å². The SMILES string of the molecule is C[C@H](OC(=O)C1CCN(c2ccc(C(F)(F)F)cn2)CC1)C(=O)c1ccc(C(C)(C)C)cc1. The summed E-state index contributed by atoms with van der Waals surface area (Å²) in [7, 11) is 0. The van der Waals surface area contributed by atoms with E-state index in [1.165, 1.54) is 6.07 Å². The van der Waals surface area contributed by atoms with Crippen molar-refractivity contribution in [2.45, 2.75) is 58.2 Å². The van der Waals surface area contributed by atoms with Gasteiger partial charge in [0.2, 0.25) is 5.78 Å². The van der Waals surface area contributed by atoms with Crippen LogP contribution in [-0.2, 0) is 21.1 Å². The van der Waals surface area contributed by atoms with Gasteiger partial charge in [-0.25, -0.2) is 4.98 Å². The van der Waals surface area contributed by atoms with Gasteiger partial charge in [0.15, 0.2) is 6.10 Å². The minimum absolute atomic E-state index is 0.0234. The highest BCUT2D eigenvalue weighted by molar-refractivity contribution is 6.00. The molecule has 0 radical (unpaired) electrons. The molecular weight excluding hydrogens is 433 g/mol. The average Bonchev–Trinajstić information content (AvgIpc) is 2.77. The van der Waals surface area contributed by atoms with Crippen LogP contribution in [0.2, 0.25) is 0 Å². The lowest BCUT2D eigenvalue weighted by Crippen LogP contribution is -2.38. The summed E-state index contributed by atoms with van der Waals surface area (Å²) >= 11 is 0. The van der Waals surface area contributed by atoms with E-state index in [0.29, 0.717) is 37.3 Å². The van der Waals surface area contributed by atoms with Crippen molar-refractivity contribution in [3.63, 3.8) is 0 Å². The summed E-state index contributed by atoms with van der Waals surface area (Å²) in [5.74, 6) is -0.608. The number of esters is 1. The van der Waals surface area contributed by atoms with Crippen molar-refractivity contribution >= 4 is 17.6 Å². The van der Waals surface area contributed by atoms with E-state index in [2.05, 4.69) is 25.8 Å². The lowest BCUT2D eigenvalue weighted by Gasteiger charge is -2.32. The van der Waals surface area contributed by atoms with Gasteiger partial charge in [0.1, 0.15) is 5.82 Å². The molecule has 0 spiro atoms. The molecule has 1 aromatic heterocycles. The number of carbonyl (C=O) groups excluding carboxylic acids is 2.